The number of carbonyl (C=O) groups excluding carboxylic acids is 2. The van der Waals surface area contributed by atoms with Crippen molar-refractivity contribution in [2.75, 3.05) is 26.4 Å². The van der Waals surface area contributed by atoms with Crippen LogP contribution in [0.25, 0.3) is 0 Å². The number of hydrogen-bond acceptors (Lipinski definition) is 8. The summed E-state index contributed by atoms with van der Waals surface area (Å²) < 4.78 is 33.2. The molecule has 0 saturated heterocycles. The second-order valence-electron chi connectivity index (χ2n) is 23.7. The monoisotopic (exact) mass is 1280 g/mol. The molecule has 10 heteroatoms. The Morgan fingerprint density at radius 1 is 0.330 bits per heavy atom. The van der Waals surface area contributed by atoms with E-state index >= 15 is 0 Å². The maximum atomic E-state index is 12.8. The summed E-state index contributed by atoms with van der Waals surface area (Å²) in [7, 11) is -4.41. The SMILES string of the molecule is CC/C=C\C/C=C\C/C=C\C/C=C\C/C=C\C/C=C\C/C=C\C/C=C\CCCCCCC(=O)OC(COC(=O)CCCCCCCCCCCCCCCCCCCCCCCC/C=C\C/C=C\C/C=C\C/C=C\C/C=C\C/C=C\CC)COP(=O)(O)OCCN. The topological polar surface area (TPSA) is 134 Å². The first-order valence-corrected chi connectivity index (χ1v) is 38.1. The van der Waals surface area contributed by atoms with Gasteiger partial charge in [0, 0.05) is 19.4 Å². The summed E-state index contributed by atoms with van der Waals surface area (Å²) in [5, 5.41) is 0. The summed E-state index contributed by atoms with van der Waals surface area (Å²) in [6.45, 7) is 3.49. The number of ether oxygens (including phenoxy) is 2. The molecular weight excluding hydrogens is 1150 g/mol. The van der Waals surface area contributed by atoms with Crippen LogP contribution in [0, 0.1) is 0 Å². The summed E-state index contributed by atoms with van der Waals surface area (Å²) in [6, 6.07) is 0. The van der Waals surface area contributed by atoms with Gasteiger partial charge in [0.25, 0.3) is 0 Å². The normalized spacial score (nSPS) is 13.9. The van der Waals surface area contributed by atoms with Crippen molar-refractivity contribution in [3.63, 3.8) is 0 Å². The number of esters is 2. The third-order valence-electron chi connectivity index (χ3n) is 15.1. The Labute approximate surface area is 559 Å². The Kier molecular flexibility index (Phi) is 70.6. The van der Waals surface area contributed by atoms with E-state index in [9.17, 15) is 19.0 Å². The first-order chi connectivity index (χ1) is 44.8. The second kappa shape index (κ2) is 74.4. The van der Waals surface area contributed by atoms with Crippen molar-refractivity contribution < 1.29 is 37.6 Å². The molecule has 0 aromatic heterocycles. The molecule has 0 rings (SSSR count). The van der Waals surface area contributed by atoms with E-state index in [2.05, 4.69) is 184 Å². The molecule has 516 valence electrons. The van der Waals surface area contributed by atoms with E-state index in [1.54, 1.807) is 0 Å². The highest BCUT2D eigenvalue weighted by Gasteiger charge is 2.26. The molecule has 0 fully saturated rings. The molecular formula is C81H134NO8P. The number of phosphoric acid groups is 1. The number of carbonyl (C=O) groups is 2. The van der Waals surface area contributed by atoms with Crippen molar-refractivity contribution in [3.05, 3.63) is 170 Å². The van der Waals surface area contributed by atoms with Crippen molar-refractivity contribution >= 4 is 19.8 Å². The summed E-state index contributed by atoms with van der Waals surface area (Å²) in [4.78, 5) is 35.4. The minimum absolute atomic E-state index is 0.0420. The molecule has 0 aliphatic rings. The smallest absolute Gasteiger partial charge is 0.462 e. The van der Waals surface area contributed by atoms with E-state index in [0.29, 0.717) is 6.42 Å². The molecule has 0 heterocycles. The average Bonchev–Trinajstić information content (AvgIpc) is 3.68. The fourth-order valence-electron chi connectivity index (χ4n) is 9.78. The largest absolute Gasteiger partial charge is 0.472 e. The van der Waals surface area contributed by atoms with Crippen molar-refractivity contribution in [2.45, 2.75) is 302 Å². The van der Waals surface area contributed by atoms with E-state index in [4.69, 9.17) is 24.3 Å². The van der Waals surface area contributed by atoms with Crippen LogP contribution in [0.4, 0.5) is 0 Å². The van der Waals surface area contributed by atoms with Crippen LogP contribution in [-0.2, 0) is 32.7 Å². The maximum absolute atomic E-state index is 12.8. The summed E-state index contributed by atoms with van der Waals surface area (Å²) in [6.07, 6.45) is 110. The number of rotatable bonds is 67. The molecule has 91 heavy (non-hydrogen) atoms. The van der Waals surface area contributed by atoms with Gasteiger partial charge in [0.05, 0.1) is 13.2 Å². The second-order valence-corrected chi connectivity index (χ2v) is 25.1. The molecule has 3 N–H and O–H groups in total. The van der Waals surface area contributed by atoms with Crippen LogP contribution in [0.15, 0.2) is 170 Å². The molecule has 0 radical (unpaired) electrons. The molecule has 2 atom stereocenters. The van der Waals surface area contributed by atoms with Crippen LogP contribution >= 0.6 is 7.82 Å². The number of nitrogens with two attached hydrogens (primary N) is 1. The lowest BCUT2D eigenvalue weighted by Gasteiger charge is -2.19. The van der Waals surface area contributed by atoms with Gasteiger partial charge in [-0.1, -0.05) is 325 Å². The lowest BCUT2D eigenvalue weighted by atomic mass is 10.0. The fraction of sp³-hybridized carbons (Fsp3) is 0.630. The molecule has 0 aromatic rings. The third kappa shape index (κ3) is 74.3. The predicted molar refractivity (Wildman–Crippen MR) is 394 cm³/mol. The van der Waals surface area contributed by atoms with Gasteiger partial charge in [0.1, 0.15) is 6.61 Å². The van der Waals surface area contributed by atoms with Gasteiger partial charge >= 0.3 is 19.8 Å². The molecule has 2 unspecified atom stereocenters. The molecule has 0 bridgehead atoms. The number of unbranched alkanes of at least 4 members (excludes halogenated alkanes) is 26. The van der Waals surface area contributed by atoms with Crippen LogP contribution in [0.1, 0.15) is 296 Å². The van der Waals surface area contributed by atoms with Gasteiger partial charge in [-0.05, 0) is 128 Å². The average molecular weight is 1280 g/mol. The minimum atomic E-state index is -4.41. The van der Waals surface area contributed by atoms with Crippen molar-refractivity contribution in [2.24, 2.45) is 5.73 Å². The molecule has 0 amide bonds. The fourth-order valence-corrected chi connectivity index (χ4v) is 10.5. The number of phosphoric ester groups is 1. The predicted octanol–water partition coefficient (Wildman–Crippen LogP) is 24.5. The highest BCUT2D eigenvalue weighted by Crippen LogP contribution is 2.43. The first-order valence-electron chi connectivity index (χ1n) is 36.6. The van der Waals surface area contributed by atoms with Crippen molar-refractivity contribution in [1.82, 2.24) is 0 Å². The zero-order chi connectivity index (χ0) is 65.8. The van der Waals surface area contributed by atoms with Crippen LogP contribution < -0.4 is 5.73 Å². The van der Waals surface area contributed by atoms with Crippen LogP contribution in [0.2, 0.25) is 0 Å². The zero-order valence-corrected chi connectivity index (χ0v) is 58.9. The van der Waals surface area contributed by atoms with E-state index in [1.807, 2.05) is 0 Å². The zero-order valence-electron chi connectivity index (χ0n) is 58.0. The van der Waals surface area contributed by atoms with Gasteiger partial charge < -0.3 is 20.1 Å². The molecule has 0 aromatic carbocycles. The summed E-state index contributed by atoms with van der Waals surface area (Å²) >= 11 is 0. The van der Waals surface area contributed by atoms with E-state index in [-0.39, 0.29) is 38.6 Å². The quantitative estimate of drug-likeness (QED) is 0.0264. The van der Waals surface area contributed by atoms with Crippen LogP contribution in [0.5, 0.6) is 0 Å². The summed E-state index contributed by atoms with van der Waals surface area (Å²) in [5.41, 5.74) is 5.40. The van der Waals surface area contributed by atoms with Crippen LogP contribution in [-0.4, -0.2) is 49.3 Å². The lowest BCUT2D eigenvalue weighted by Crippen LogP contribution is -2.29. The molecule has 0 saturated carbocycles. The van der Waals surface area contributed by atoms with Gasteiger partial charge in [0.2, 0.25) is 0 Å². The Morgan fingerprint density at radius 3 is 0.846 bits per heavy atom. The van der Waals surface area contributed by atoms with Gasteiger partial charge in [-0.25, -0.2) is 4.57 Å². The van der Waals surface area contributed by atoms with Gasteiger partial charge in [-0.2, -0.15) is 0 Å². The highest BCUT2D eigenvalue weighted by molar-refractivity contribution is 7.47. The van der Waals surface area contributed by atoms with Gasteiger partial charge in [0.15, 0.2) is 6.10 Å². The number of allylic oxidation sites excluding steroid dienone is 28. The maximum Gasteiger partial charge on any atom is 0.472 e. The summed E-state index contributed by atoms with van der Waals surface area (Å²) in [5.74, 6) is -0.858. The molecule has 0 aliphatic heterocycles. The van der Waals surface area contributed by atoms with Crippen molar-refractivity contribution in [1.29, 1.82) is 0 Å². The van der Waals surface area contributed by atoms with Crippen LogP contribution in [0.3, 0.4) is 0 Å². The molecule has 0 aliphatic carbocycles. The molecule has 0 spiro atoms. The number of hydrogen-bond donors (Lipinski definition) is 2. The third-order valence-corrected chi connectivity index (χ3v) is 16.1. The Hall–Kier alpha value is -4.63. The minimum Gasteiger partial charge on any atom is -0.462 e. The van der Waals surface area contributed by atoms with Crippen molar-refractivity contribution in [3.8, 4) is 0 Å². The van der Waals surface area contributed by atoms with E-state index < -0.39 is 26.5 Å². The standard InChI is InChI=1S/C81H134NO8P/c1-3-5-7-9-11-13-15-17-19-21-23-25-27-29-31-33-34-35-36-37-38-39-40-41-42-43-44-46-47-49-51-53-55-57-59-61-63-65-67-69-71-73-80(83)87-77-79(78-89-91(85,86)88-76-75-82)90-81(84)74-72-70-68-66-64-62-60-58-56-54-52-50-48-45-32-30-28-26-24-22-20-18-16-14-12-10-8-6-4-2/h5-8,11-14,17-20,23-26,29-32,34-35,48,50,54,56,60,62,79H,3-4,9-10,15-16,21-22,27-28,33,36-47,49,51-53,55,57-59,61,63-78,82H2,1-2H3,(H,85,86)/b7-5-,8-6-,13-11-,14-12-,19-17-,20-18-,25-23-,26-24-,31-29-,32-30-,35-34-,50-48-,56-54-,62-60-. The highest BCUT2D eigenvalue weighted by atomic mass is 31.2. The first kappa shape index (κ1) is 86.4. The molecule has 9 nitrogen and oxygen atoms in total. The van der Waals surface area contributed by atoms with E-state index in [1.165, 1.54) is 128 Å². The van der Waals surface area contributed by atoms with E-state index in [0.717, 1.165) is 135 Å². The lowest BCUT2D eigenvalue weighted by molar-refractivity contribution is -0.161. The Bertz CT molecular complexity index is 2100. The van der Waals surface area contributed by atoms with Gasteiger partial charge in [-0.15, -0.1) is 0 Å². The van der Waals surface area contributed by atoms with Gasteiger partial charge in [-0.3, -0.25) is 18.6 Å². The Balaban J connectivity index is 3.90. The Morgan fingerprint density at radius 2 is 0.571 bits per heavy atom.